The van der Waals surface area contributed by atoms with Crippen LogP contribution in [0.25, 0.3) is 0 Å². The molecule has 7 nitrogen and oxygen atoms in total. The molecule has 0 aromatic carbocycles. The van der Waals surface area contributed by atoms with Gasteiger partial charge in [0.25, 0.3) is 0 Å². The highest BCUT2D eigenvalue weighted by atomic mass is 16.5. The smallest absolute Gasteiger partial charge is 0.244 e. The van der Waals surface area contributed by atoms with Crippen LogP contribution in [0.3, 0.4) is 0 Å². The molecule has 0 spiro atoms. The average Bonchev–Trinajstić information content (AvgIpc) is 2.43. The highest BCUT2D eigenvalue weighted by Gasteiger charge is 2.10. The molecule has 0 saturated heterocycles. The first-order valence-corrected chi connectivity index (χ1v) is 5.87. The Bertz CT molecular complexity index is 393. The quantitative estimate of drug-likeness (QED) is 0.314. The molecular weight excluding hydrogens is 234 g/mol. The van der Waals surface area contributed by atoms with Crippen LogP contribution < -0.4 is 10.5 Å². The lowest BCUT2D eigenvalue weighted by Crippen LogP contribution is -2.28. The van der Waals surface area contributed by atoms with Gasteiger partial charge in [-0.2, -0.15) is 5.10 Å². The summed E-state index contributed by atoms with van der Waals surface area (Å²) >= 11 is 0. The summed E-state index contributed by atoms with van der Waals surface area (Å²) in [6, 6.07) is 1.59. The fraction of sp³-hybridized carbons (Fsp3) is 0.545. The Hall–Kier alpha value is -1.89. The van der Waals surface area contributed by atoms with E-state index in [0.29, 0.717) is 12.2 Å². The number of hydrogen-bond acceptors (Lipinski definition) is 6. The number of aromatic nitrogens is 2. The molecule has 0 radical (unpaired) electrons. The highest BCUT2D eigenvalue weighted by Crippen LogP contribution is 2.12. The van der Waals surface area contributed by atoms with Crippen molar-refractivity contribution in [2.75, 3.05) is 26.2 Å². The molecule has 0 amide bonds. The fourth-order valence-electron chi connectivity index (χ4n) is 1.49. The number of rotatable bonds is 7. The van der Waals surface area contributed by atoms with Gasteiger partial charge in [0.05, 0.1) is 11.8 Å². The van der Waals surface area contributed by atoms with Crippen LogP contribution >= 0.6 is 0 Å². The number of nitrogens with two attached hydrogens (primary N) is 1. The number of ether oxygens (including phenoxy) is 1. The zero-order valence-corrected chi connectivity index (χ0v) is 10.7. The van der Waals surface area contributed by atoms with E-state index in [2.05, 4.69) is 34.1 Å². The summed E-state index contributed by atoms with van der Waals surface area (Å²) in [4.78, 5) is 2.22. The van der Waals surface area contributed by atoms with Crippen molar-refractivity contribution in [3.05, 3.63) is 17.8 Å². The summed E-state index contributed by atoms with van der Waals surface area (Å²) in [7, 11) is 0. The molecule has 0 unspecified atom stereocenters. The second-order valence-corrected chi connectivity index (χ2v) is 3.61. The Kier molecular flexibility index (Phi) is 5.86. The van der Waals surface area contributed by atoms with Gasteiger partial charge >= 0.3 is 0 Å². The molecule has 18 heavy (non-hydrogen) atoms. The maximum Gasteiger partial charge on any atom is 0.244 e. The molecular formula is C11H19N5O2. The second-order valence-electron chi connectivity index (χ2n) is 3.61. The number of oxime groups is 1. The third-order valence-electron chi connectivity index (χ3n) is 2.61. The molecule has 0 bridgehead atoms. The highest BCUT2D eigenvalue weighted by molar-refractivity contribution is 5.98. The number of hydrogen-bond donors (Lipinski definition) is 2. The zero-order chi connectivity index (χ0) is 13.4. The van der Waals surface area contributed by atoms with E-state index >= 15 is 0 Å². The number of likely N-dealkylation sites (N-methyl/N-ethyl adjacent to an activating group) is 1. The summed E-state index contributed by atoms with van der Waals surface area (Å²) < 4.78 is 5.51. The molecule has 0 aliphatic rings. The van der Waals surface area contributed by atoms with Crippen molar-refractivity contribution in [3.8, 4) is 5.88 Å². The molecule has 0 atom stereocenters. The van der Waals surface area contributed by atoms with Gasteiger partial charge in [0.2, 0.25) is 5.88 Å². The van der Waals surface area contributed by atoms with Crippen LogP contribution in [-0.4, -0.2) is 52.4 Å². The topological polar surface area (TPSA) is 96.9 Å². The summed E-state index contributed by atoms with van der Waals surface area (Å²) in [6.45, 7) is 7.38. The van der Waals surface area contributed by atoms with Crippen LogP contribution in [-0.2, 0) is 0 Å². The molecule has 1 aromatic rings. The predicted octanol–water partition coefficient (Wildman–Crippen LogP) is 0.292. The Morgan fingerprint density at radius 2 is 2.22 bits per heavy atom. The minimum Gasteiger partial charge on any atom is -0.475 e. The lowest BCUT2D eigenvalue weighted by Gasteiger charge is -2.18. The van der Waals surface area contributed by atoms with Gasteiger partial charge in [0, 0.05) is 6.54 Å². The van der Waals surface area contributed by atoms with Crippen molar-refractivity contribution >= 4 is 5.84 Å². The summed E-state index contributed by atoms with van der Waals surface area (Å²) in [5.74, 6) is 0.239. The summed E-state index contributed by atoms with van der Waals surface area (Å²) in [5, 5.41) is 19.1. The van der Waals surface area contributed by atoms with E-state index in [0.717, 1.165) is 19.6 Å². The molecule has 0 saturated carbocycles. The van der Waals surface area contributed by atoms with Crippen molar-refractivity contribution in [1.29, 1.82) is 0 Å². The van der Waals surface area contributed by atoms with E-state index in [4.69, 9.17) is 15.7 Å². The third kappa shape index (κ3) is 3.85. The van der Waals surface area contributed by atoms with Crippen LogP contribution in [0, 0.1) is 0 Å². The van der Waals surface area contributed by atoms with Crippen molar-refractivity contribution in [2.24, 2.45) is 10.9 Å². The minimum atomic E-state index is -0.0391. The van der Waals surface area contributed by atoms with Crippen molar-refractivity contribution in [3.63, 3.8) is 0 Å². The zero-order valence-electron chi connectivity index (χ0n) is 10.7. The van der Waals surface area contributed by atoms with Crippen LogP contribution in [0.4, 0.5) is 0 Å². The first-order valence-electron chi connectivity index (χ1n) is 5.87. The second kappa shape index (κ2) is 7.44. The van der Waals surface area contributed by atoms with Gasteiger partial charge in [-0.25, -0.2) is 0 Å². The third-order valence-corrected chi connectivity index (χ3v) is 2.61. The summed E-state index contributed by atoms with van der Waals surface area (Å²) in [5.41, 5.74) is 5.96. The lowest BCUT2D eigenvalue weighted by molar-refractivity contribution is 0.216. The molecule has 0 fully saturated rings. The Balaban J connectivity index is 2.62. The van der Waals surface area contributed by atoms with E-state index in [9.17, 15) is 0 Å². The average molecular weight is 253 g/mol. The van der Waals surface area contributed by atoms with E-state index in [1.165, 1.54) is 6.20 Å². The molecule has 0 aliphatic carbocycles. The SMILES string of the molecule is CCN(CC)CCOc1nnccc1/C(N)=N/O. The van der Waals surface area contributed by atoms with Crippen molar-refractivity contribution in [1.82, 2.24) is 15.1 Å². The van der Waals surface area contributed by atoms with E-state index in [1.54, 1.807) is 6.07 Å². The molecule has 1 rings (SSSR count). The molecule has 0 aliphatic heterocycles. The van der Waals surface area contributed by atoms with Crippen molar-refractivity contribution < 1.29 is 9.94 Å². The van der Waals surface area contributed by atoms with Crippen LogP contribution in [0.15, 0.2) is 17.4 Å². The monoisotopic (exact) mass is 253 g/mol. The van der Waals surface area contributed by atoms with Crippen LogP contribution in [0.5, 0.6) is 5.88 Å². The fourth-order valence-corrected chi connectivity index (χ4v) is 1.49. The molecule has 3 N–H and O–H groups in total. The first-order chi connectivity index (χ1) is 8.72. The Morgan fingerprint density at radius 3 is 2.83 bits per heavy atom. The largest absolute Gasteiger partial charge is 0.475 e. The van der Waals surface area contributed by atoms with E-state index < -0.39 is 0 Å². The molecule has 7 heteroatoms. The molecule has 100 valence electrons. The lowest BCUT2D eigenvalue weighted by atomic mass is 10.3. The standard InChI is InChI=1S/C11H19N5O2/c1-3-16(4-2)7-8-18-11-9(10(12)15-17)5-6-13-14-11/h5-6,17H,3-4,7-8H2,1-2H3,(H2,12,15). The van der Waals surface area contributed by atoms with E-state index in [1.807, 2.05) is 0 Å². The van der Waals surface area contributed by atoms with Crippen LogP contribution in [0.2, 0.25) is 0 Å². The maximum atomic E-state index is 8.65. The number of amidine groups is 1. The number of nitrogens with zero attached hydrogens (tertiary/aromatic N) is 4. The Morgan fingerprint density at radius 1 is 1.50 bits per heavy atom. The van der Waals surface area contributed by atoms with Gasteiger partial charge < -0.3 is 20.6 Å². The molecule has 1 aromatic heterocycles. The van der Waals surface area contributed by atoms with Gasteiger partial charge in [-0.05, 0) is 19.2 Å². The normalized spacial score (nSPS) is 11.8. The van der Waals surface area contributed by atoms with Gasteiger partial charge in [-0.3, -0.25) is 0 Å². The maximum absolute atomic E-state index is 8.65. The van der Waals surface area contributed by atoms with Crippen molar-refractivity contribution in [2.45, 2.75) is 13.8 Å². The van der Waals surface area contributed by atoms with Gasteiger partial charge in [-0.1, -0.05) is 19.0 Å². The van der Waals surface area contributed by atoms with Gasteiger partial charge in [-0.15, -0.1) is 5.10 Å². The summed E-state index contributed by atoms with van der Waals surface area (Å²) in [6.07, 6.45) is 1.46. The molecule has 1 heterocycles. The predicted molar refractivity (Wildman–Crippen MR) is 67.8 cm³/mol. The van der Waals surface area contributed by atoms with Crippen LogP contribution in [0.1, 0.15) is 19.4 Å². The van der Waals surface area contributed by atoms with Gasteiger partial charge in [0.15, 0.2) is 5.84 Å². The minimum absolute atomic E-state index is 0.0391. The first kappa shape index (κ1) is 14.2. The van der Waals surface area contributed by atoms with E-state index in [-0.39, 0.29) is 11.7 Å². The Labute approximate surface area is 106 Å². The van der Waals surface area contributed by atoms with Gasteiger partial charge in [0.1, 0.15) is 6.61 Å².